The molecule has 3 heteroatoms. The van der Waals surface area contributed by atoms with E-state index in [9.17, 15) is 9.59 Å². The molecule has 1 aromatic carbocycles. The number of fused-ring (bicyclic) bond motifs is 1. The number of hydrogen-bond acceptors (Lipinski definition) is 2. The third-order valence-electron chi connectivity index (χ3n) is 2.79. The van der Waals surface area contributed by atoms with Crippen LogP contribution in [0.5, 0.6) is 0 Å². The molecule has 0 amide bonds. The summed E-state index contributed by atoms with van der Waals surface area (Å²) in [4.78, 5) is 22.5. The van der Waals surface area contributed by atoms with Gasteiger partial charge in [0, 0.05) is 12.0 Å². The second kappa shape index (κ2) is 3.50. The topological polar surface area (TPSA) is 54.4 Å². The monoisotopic (exact) mass is 204 g/mol. The number of ketones is 1. The zero-order valence-electron chi connectivity index (χ0n) is 8.54. The Morgan fingerprint density at radius 2 is 2.07 bits per heavy atom. The van der Waals surface area contributed by atoms with Crippen molar-refractivity contribution in [2.45, 2.75) is 26.2 Å². The second-order valence-corrected chi connectivity index (χ2v) is 3.91. The lowest BCUT2D eigenvalue weighted by atomic mass is 9.86. The van der Waals surface area contributed by atoms with E-state index in [2.05, 4.69) is 0 Å². The van der Waals surface area contributed by atoms with Gasteiger partial charge in [0.25, 0.3) is 0 Å². The maximum absolute atomic E-state index is 11.6. The first-order valence-corrected chi connectivity index (χ1v) is 4.99. The number of hydrogen-bond donors (Lipinski definition) is 1. The Labute approximate surface area is 87.7 Å². The fourth-order valence-electron chi connectivity index (χ4n) is 2.14. The Bertz CT molecular complexity index is 446. The molecule has 2 rings (SSSR count). The van der Waals surface area contributed by atoms with Gasteiger partial charge in [-0.25, -0.2) is 4.79 Å². The van der Waals surface area contributed by atoms with Crippen LogP contribution in [-0.4, -0.2) is 16.9 Å². The first-order chi connectivity index (χ1) is 7.09. The summed E-state index contributed by atoms with van der Waals surface area (Å²) in [5.74, 6) is -0.787. The zero-order valence-corrected chi connectivity index (χ0v) is 8.54. The van der Waals surface area contributed by atoms with Crippen molar-refractivity contribution in [1.29, 1.82) is 0 Å². The minimum Gasteiger partial charge on any atom is -0.478 e. The molecule has 78 valence electrons. The van der Waals surface area contributed by atoms with Crippen LogP contribution in [0, 0.1) is 6.92 Å². The number of carboxylic acid groups (broad SMARTS) is 1. The third-order valence-corrected chi connectivity index (χ3v) is 2.79. The molecular formula is C12H12O3. The highest BCUT2D eigenvalue weighted by Gasteiger charge is 2.20. The summed E-state index contributed by atoms with van der Waals surface area (Å²) in [5.41, 5.74) is 2.70. The Balaban J connectivity index is 2.60. The van der Waals surface area contributed by atoms with E-state index in [0.29, 0.717) is 6.42 Å². The summed E-state index contributed by atoms with van der Waals surface area (Å²) < 4.78 is 0. The van der Waals surface area contributed by atoms with Gasteiger partial charge in [-0.2, -0.15) is 0 Å². The minimum atomic E-state index is -0.932. The van der Waals surface area contributed by atoms with Crippen molar-refractivity contribution in [2.75, 3.05) is 0 Å². The van der Waals surface area contributed by atoms with Gasteiger partial charge in [0.1, 0.15) is 0 Å². The van der Waals surface area contributed by atoms with Gasteiger partial charge in [0.15, 0.2) is 5.78 Å². The fourth-order valence-corrected chi connectivity index (χ4v) is 2.14. The van der Waals surface area contributed by atoms with Gasteiger partial charge < -0.3 is 5.11 Å². The van der Waals surface area contributed by atoms with Crippen molar-refractivity contribution in [3.63, 3.8) is 0 Å². The van der Waals surface area contributed by atoms with Crippen LogP contribution >= 0.6 is 0 Å². The molecule has 0 radical (unpaired) electrons. The number of rotatable bonds is 1. The molecule has 0 fully saturated rings. The summed E-state index contributed by atoms with van der Waals surface area (Å²) in [7, 11) is 0. The summed E-state index contributed by atoms with van der Waals surface area (Å²) in [5, 5.41) is 8.89. The van der Waals surface area contributed by atoms with Crippen LogP contribution in [0.25, 0.3) is 0 Å². The lowest BCUT2D eigenvalue weighted by Gasteiger charge is -2.17. The molecule has 0 aliphatic heterocycles. The summed E-state index contributed by atoms with van der Waals surface area (Å²) in [6.07, 6.45) is 2.22. The molecule has 0 saturated heterocycles. The fraction of sp³-hybridized carbons (Fsp3) is 0.333. The van der Waals surface area contributed by atoms with E-state index in [1.165, 1.54) is 0 Å². The van der Waals surface area contributed by atoms with E-state index in [1.54, 1.807) is 19.1 Å². The summed E-state index contributed by atoms with van der Waals surface area (Å²) >= 11 is 0. The van der Waals surface area contributed by atoms with Crippen LogP contribution in [0.4, 0.5) is 0 Å². The minimum absolute atomic E-state index is 0.144. The van der Waals surface area contributed by atoms with Gasteiger partial charge in [-0.3, -0.25) is 4.79 Å². The smallest absolute Gasteiger partial charge is 0.335 e. The molecule has 0 bridgehead atoms. The van der Waals surface area contributed by atoms with Gasteiger partial charge in [0.2, 0.25) is 0 Å². The Morgan fingerprint density at radius 3 is 2.73 bits per heavy atom. The third kappa shape index (κ3) is 1.65. The molecule has 0 unspecified atom stereocenters. The molecule has 3 nitrogen and oxygen atoms in total. The lowest BCUT2D eigenvalue weighted by Crippen LogP contribution is -2.14. The first-order valence-electron chi connectivity index (χ1n) is 4.99. The summed E-state index contributed by atoms with van der Waals surface area (Å²) in [6.45, 7) is 1.80. The predicted molar refractivity (Wildman–Crippen MR) is 55.4 cm³/mol. The quantitative estimate of drug-likeness (QED) is 0.763. The van der Waals surface area contributed by atoms with Crippen molar-refractivity contribution < 1.29 is 14.7 Å². The maximum atomic E-state index is 11.6. The number of carboxylic acids is 1. The predicted octanol–water partition coefficient (Wildman–Crippen LogP) is 2.21. The molecule has 1 N–H and O–H groups in total. The first kappa shape index (κ1) is 9.90. The van der Waals surface area contributed by atoms with E-state index in [4.69, 9.17) is 5.11 Å². The number of aryl methyl sites for hydroxylation is 2. The normalized spacial score (nSPS) is 14.9. The van der Waals surface area contributed by atoms with Gasteiger partial charge in [0.05, 0.1) is 5.56 Å². The van der Waals surface area contributed by atoms with E-state index in [1.807, 2.05) is 0 Å². The number of carbonyl (C=O) groups excluding carboxylic acids is 1. The largest absolute Gasteiger partial charge is 0.478 e. The average Bonchev–Trinajstić information content (AvgIpc) is 2.17. The van der Waals surface area contributed by atoms with Crippen LogP contribution in [-0.2, 0) is 6.42 Å². The zero-order chi connectivity index (χ0) is 11.0. The molecule has 1 aliphatic carbocycles. The number of benzene rings is 1. The average molecular weight is 204 g/mol. The molecule has 0 aromatic heterocycles. The molecule has 15 heavy (non-hydrogen) atoms. The lowest BCUT2D eigenvalue weighted by molar-refractivity contribution is 0.0696. The molecule has 0 heterocycles. The van der Waals surface area contributed by atoms with Crippen LogP contribution < -0.4 is 0 Å². The van der Waals surface area contributed by atoms with Crippen molar-refractivity contribution in [2.24, 2.45) is 0 Å². The van der Waals surface area contributed by atoms with Crippen molar-refractivity contribution in [1.82, 2.24) is 0 Å². The van der Waals surface area contributed by atoms with Gasteiger partial charge in [-0.1, -0.05) is 0 Å². The second-order valence-electron chi connectivity index (χ2n) is 3.91. The number of aromatic carboxylic acids is 1. The van der Waals surface area contributed by atoms with Crippen molar-refractivity contribution in [3.8, 4) is 0 Å². The molecule has 1 aromatic rings. The molecule has 0 atom stereocenters. The van der Waals surface area contributed by atoms with E-state index in [-0.39, 0.29) is 11.3 Å². The Morgan fingerprint density at radius 1 is 1.33 bits per heavy atom. The molecule has 1 aliphatic rings. The maximum Gasteiger partial charge on any atom is 0.335 e. The van der Waals surface area contributed by atoms with E-state index in [0.717, 1.165) is 29.5 Å². The number of Topliss-reactive ketones (excluding diaryl/α,β-unsaturated/α-hetero) is 1. The summed E-state index contributed by atoms with van der Waals surface area (Å²) in [6, 6.07) is 3.20. The highest BCUT2D eigenvalue weighted by atomic mass is 16.4. The SMILES string of the molecule is Cc1cc(C(=O)O)cc2c1C(=O)CCC2. The molecule has 0 spiro atoms. The van der Waals surface area contributed by atoms with Gasteiger partial charge >= 0.3 is 5.97 Å². The standard InChI is InChI=1S/C12H12O3/c1-7-5-9(12(14)15)6-8-3-2-4-10(13)11(7)8/h5-6H,2-4H2,1H3,(H,14,15). The number of carbonyl (C=O) groups is 2. The molecule has 0 saturated carbocycles. The van der Waals surface area contributed by atoms with Crippen molar-refractivity contribution in [3.05, 3.63) is 34.4 Å². The van der Waals surface area contributed by atoms with Crippen molar-refractivity contribution >= 4 is 11.8 Å². The highest BCUT2D eigenvalue weighted by molar-refractivity contribution is 6.01. The van der Waals surface area contributed by atoms with Crippen LogP contribution in [0.15, 0.2) is 12.1 Å². The Kier molecular flexibility index (Phi) is 2.31. The van der Waals surface area contributed by atoms with Crippen LogP contribution in [0.3, 0.4) is 0 Å². The van der Waals surface area contributed by atoms with Crippen LogP contribution in [0.1, 0.15) is 44.7 Å². The highest BCUT2D eigenvalue weighted by Crippen LogP contribution is 2.25. The Hall–Kier alpha value is -1.64. The van der Waals surface area contributed by atoms with E-state index >= 15 is 0 Å². The van der Waals surface area contributed by atoms with Crippen LogP contribution in [0.2, 0.25) is 0 Å². The molecular weight excluding hydrogens is 192 g/mol. The van der Waals surface area contributed by atoms with E-state index < -0.39 is 5.97 Å². The van der Waals surface area contributed by atoms with Gasteiger partial charge in [-0.15, -0.1) is 0 Å². The van der Waals surface area contributed by atoms with Gasteiger partial charge in [-0.05, 0) is 43.0 Å².